The standard InChI is InChI=1S/C13H20N2O/c1-15(2)9-8-13(16)12(14)10-11-6-4-3-5-7-11/h3-7,12H,8-10,14H2,1-2H3. The Labute approximate surface area is 97.2 Å². The van der Waals surface area contributed by atoms with E-state index in [-0.39, 0.29) is 11.8 Å². The summed E-state index contributed by atoms with van der Waals surface area (Å²) >= 11 is 0. The number of rotatable bonds is 6. The van der Waals surface area contributed by atoms with Crippen LogP contribution >= 0.6 is 0 Å². The molecule has 0 spiro atoms. The SMILES string of the molecule is CN(C)CCC(=O)C(N)Cc1ccccc1. The Morgan fingerprint density at radius 1 is 1.31 bits per heavy atom. The van der Waals surface area contributed by atoms with Crippen molar-refractivity contribution in [1.82, 2.24) is 4.90 Å². The van der Waals surface area contributed by atoms with Crippen molar-refractivity contribution in [2.45, 2.75) is 18.9 Å². The Bertz CT molecular complexity index is 322. The summed E-state index contributed by atoms with van der Waals surface area (Å²) in [5, 5.41) is 0. The third-order valence-electron chi connectivity index (χ3n) is 2.52. The maximum Gasteiger partial charge on any atom is 0.151 e. The van der Waals surface area contributed by atoms with Crippen molar-refractivity contribution in [2.24, 2.45) is 5.73 Å². The average Bonchev–Trinajstić information content (AvgIpc) is 2.27. The Morgan fingerprint density at radius 3 is 2.50 bits per heavy atom. The van der Waals surface area contributed by atoms with Crippen LogP contribution in [0.1, 0.15) is 12.0 Å². The van der Waals surface area contributed by atoms with Gasteiger partial charge in [-0.3, -0.25) is 4.79 Å². The van der Waals surface area contributed by atoms with E-state index in [1.807, 2.05) is 49.3 Å². The topological polar surface area (TPSA) is 46.3 Å². The van der Waals surface area contributed by atoms with Crippen LogP contribution in [-0.4, -0.2) is 37.4 Å². The Balaban J connectivity index is 2.40. The number of benzene rings is 1. The van der Waals surface area contributed by atoms with Crippen LogP contribution in [0.4, 0.5) is 0 Å². The molecule has 16 heavy (non-hydrogen) atoms. The number of hydrogen-bond acceptors (Lipinski definition) is 3. The van der Waals surface area contributed by atoms with Crippen molar-refractivity contribution in [1.29, 1.82) is 0 Å². The minimum atomic E-state index is -0.373. The predicted octanol–water partition coefficient (Wildman–Crippen LogP) is 1.08. The quantitative estimate of drug-likeness (QED) is 0.780. The summed E-state index contributed by atoms with van der Waals surface area (Å²) in [5.74, 6) is 0.137. The number of ketones is 1. The molecule has 1 aromatic carbocycles. The molecule has 2 N–H and O–H groups in total. The molecule has 1 rings (SSSR count). The van der Waals surface area contributed by atoms with Crippen molar-refractivity contribution >= 4 is 5.78 Å². The molecule has 0 aromatic heterocycles. The van der Waals surface area contributed by atoms with Crippen molar-refractivity contribution in [3.05, 3.63) is 35.9 Å². The van der Waals surface area contributed by atoms with Gasteiger partial charge in [0.15, 0.2) is 5.78 Å². The first kappa shape index (κ1) is 12.9. The first-order chi connectivity index (χ1) is 7.59. The molecule has 0 saturated carbocycles. The summed E-state index contributed by atoms with van der Waals surface area (Å²) < 4.78 is 0. The zero-order chi connectivity index (χ0) is 12.0. The summed E-state index contributed by atoms with van der Waals surface area (Å²) in [6.45, 7) is 0.765. The maximum absolute atomic E-state index is 11.7. The van der Waals surface area contributed by atoms with Gasteiger partial charge in [-0.25, -0.2) is 0 Å². The summed E-state index contributed by atoms with van der Waals surface area (Å²) in [5.41, 5.74) is 6.99. The van der Waals surface area contributed by atoms with Crippen LogP contribution in [0, 0.1) is 0 Å². The van der Waals surface area contributed by atoms with Gasteiger partial charge in [-0.15, -0.1) is 0 Å². The van der Waals surface area contributed by atoms with Crippen molar-refractivity contribution in [2.75, 3.05) is 20.6 Å². The van der Waals surface area contributed by atoms with Gasteiger partial charge in [0.1, 0.15) is 0 Å². The van der Waals surface area contributed by atoms with E-state index in [9.17, 15) is 4.79 Å². The molecule has 0 radical (unpaired) electrons. The molecule has 0 aliphatic rings. The number of carbonyl (C=O) groups excluding carboxylic acids is 1. The first-order valence-electron chi connectivity index (χ1n) is 5.56. The molecule has 1 aromatic rings. The fourth-order valence-corrected chi connectivity index (χ4v) is 1.50. The lowest BCUT2D eigenvalue weighted by Gasteiger charge is -2.13. The van der Waals surface area contributed by atoms with Gasteiger partial charge >= 0.3 is 0 Å². The van der Waals surface area contributed by atoms with E-state index in [1.165, 1.54) is 0 Å². The molecule has 3 nitrogen and oxygen atoms in total. The highest BCUT2D eigenvalue weighted by atomic mass is 16.1. The molecular formula is C13H20N2O. The summed E-state index contributed by atoms with van der Waals surface area (Å²) in [4.78, 5) is 13.7. The molecule has 0 fully saturated rings. The Morgan fingerprint density at radius 2 is 1.94 bits per heavy atom. The first-order valence-corrected chi connectivity index (χ1v) is 5.56. The van der Waals surface area contributed by atoms with Crippen LogP contribution in [-0.2, 0) is 11.2 Å². The largest absolute Gasteiger partial charge is 0.321 e. The number of carbonyl (C=O) groups is 1. The second-order valence-corrected chi connectivity index (χ2v) is 4.32. The predicted molar refractivity (Wildman–Crippen MR) is 66.3 cm³/mol. The van der Waals surface area contributed by atoms with E-state index < -0.39 is 0 Å². The molecule has 0 amide bonds. The van der Waals surface area contributed by atoms with Gasteiger partial charge in [-0.1, -0.05) is 30.3 Å². The van der Waals surface area contributed by atoms with Gasteiger partial charge in [0.2, 0.25) is 0 Å². The molecule has 1 unspecified atom stereocenters. The molecular weight excluding hydrogens is 200 g/mol. The third kappa shape index (κ3) is 4.55. The summed E-state index contributed by atoms with van der Waals surface area (Å²) in [6, 6.07) is 9.52. The molecule has 3 heteroatoms. The minimum absolute atomic E-state index is 0.137. The lowest BCUT2D eigenvalue weighted by Crippen LogP contribution is -2.34. The molecule has 0 aliphatic heterocycles. The molecule has 0 bridgehead atoms. The number of hydrogen-bond donors (Lipinski definition) is 1. The smallest absolute Gasteiger partial charge is 0.151 e. The van der Waals surface area contributed by atoms with Gasteiger partial charge in [0.05, 0.1) is 6.04 Å². The highest BCUT2D eigenvalue weighted by molar-refractivity contribution is 5.84. The van der Waals surface area contributed by atoms with Crippen molar-refractivity contribution in [3.63, 3.8) is 0 Å². The van der Waals surface area contributed by atoms with Gasteiger partial charge in [0, 0.05) is 13.0 Å². The fourth-order valence-electron chi connectivity index (χ4n) is 1.50. The molecule has 0 aliphatic carbocycles. The van der Waals surface area contributed by atoms with E-state index in [0.717, 1.165) is 12.1 Å². The highest BCUT2D eigenvalue weighted by Gasteiger charge is 2.13. The van der Waals surface area contributed by atoms with Crippen LogP contribution in [0.3, 0.4) is 0 Å². The molecule has 1 atom stereocenters. The second kappa shape index (κ2) is 6.40. The fraction of sp³-hybridized carbons (Fsp3) is 0.462. The van der Waals surface area contributed by atoms with E-state index in [0.29, 0.717) is 12.8 Å². The lowest BCUT2D eigenvalue weighted by atomic mass is 10.0. The van der Waals surface area contributed by atoms with Crippen LogP contribution in [0.2, 0.25) is 0 Å². The summed E-state index contributed by atoms with van der Waals surface area (Å²) in [7, 11) is 3.91. The van der Waals surface area contributed by atoms with Gasteiger partial charge < -0.3 is 10.6 Å². The van der Waals surface area contributed by atoms with Gasteiger partial charge in [-0.2, -0.15) is 0 Å². The normalized spacial score (nSPS) is 12.8. The van der Waals surface area contributed by atoms with Gasteiger partial charge in [0.25, 0.3) is 0 Å². The zero-order valence-electron chi connectivity index (χ0n) is 10.0. The van der Waals surface area contributed by atoms with Gasteiger partial charge in [-0.05, 0) is 26.1 Å². The number of nitrogens with two attached hydrogens (primary N) is 1. The average molecular weight is 220 g/mol. The Kier molecular flexibility index (Phi) is 5.15. The van der Waals surface area contributed by atoms with Crippen LogP contribution in [0.15, 0.2) is 30.3 Å². The zero-order valence-corrected chi connectivity index (χ0v) is 10.0. The number of nitrogens with zero attached hydrogens (tertiary/aromatic N) is 1. The maximum atomic E-state index is 11.7. The van der Waals surface area contributed by atoms with Crippen LogP contribution in [0.25, 0.3) is 0 Å². The number of Topliss-reactive ketones (excluding diaryl/α,β-unsaturated/α-hetero) is 1. The summed E-state index contributed by atoms with van der Waals surface area (Å²) in [6.07, 6.45) is 1.16. The molecule has 88 valence electrons. The lowest BCUT2D eigenvalue weighted by molar-refractivity contribution is -0.120. The third-order valence-corrected chi connectivity index (χ3v) is 2.52. The van der Waals surface area contributed by atoms with E-state index in [2.05, 4.69) is 0 Å². The van der Waals surface area contributed by atoms with E-state index in [4.69, 9.17) is 5.73 Å². The van der Waals surface area contributed by atoms with Crippen LogP contribution < -0.4 is 5.73 Å². The molecule has 0 heterocycles. The van der Waals surface area contributed by atoms with E-state index in [1.54, 1.807) is 0 Å². The molecule has 0 saturated heterocycles. The van der Waals surface area contributed by atoms with Crippen LogP contribution in [0.5, 0.6) is 0 Å². The van der Waals surface area contributed by atoms with E-state index >= 15 is 0 Å². The second-order valence-electron chi connectivity index (χ2n) is 4.32. The van der Waals surface area contributed by atoms with Crippen molar-refractivity contribution in [3.8, 4) is 0 Å². The highest BCUT2D eigenvalue weighted by Crippen LogP contribution is 2.03. The Hall–Kier alpha value is -1.19. The van der Waals surface area contributed by atoms with Crippen molar-refractivity contribution < 1.29 is 4.79 Å². The monoisotopic (exact) mass is 220 g/mol. The minimum Gasteiger partial charge on any atom is -0.321 e.